The first kappa shape index (κ1) is 15.0. The van der Waals surface area contributed by atoms with Crippen LogP contribution in [0.2, 0.25) is 0 Å². The second kappa shape index (κ2) is 8.13. The molecule has 1 aliphatic rings. The lowest BCUT2D eigenvalue weighted by molar-refractivity contribution is -0.105. The predicted octanol–water partition coefficient (Wildman–Crippen LogP) is 2.61. The second-order valence-corrected chi connectivity index (χ2v) is 4.06. The smallest absolute Gasteiger partial charge is 0.211 e. The molecule has 0 atom stereocenters. The zero-order valence-corrected chi connectivity index (χ0v) is 11.6. The molecule has 5 nitrogen and oxygen atoms in total. The van der Waals surface area contributed by atoms with Gasteiger partial charge in [-0.05, 0) is 31.0 Å². The van der Waals surface area contributed by atoms with Gasteiger partial charge in [0.1, 0.15) is 12.4 Å². The molecule has 1 aromatic rings. The van der Waals surface area contributed by atoms with E-state index in [9.17, 15) is 4.79 Å². The number of carbonyl (C=O) groups excluding carboxylic acids is 1. The van der Waals surface area contributed by atoms with Gasteiger partial charge in [0.25, 0.3) is 0 Å². The van der Waals surface area contributed by atoms with E-state index < -0.39 is 0 Å². The molecule has 1 aliphatic heterocycles. The molecule has 1 amide bonds. The molecule has 0 spiro atoms. The van der Waals surface area contributed by atoms with E-state index in [4.69, 9.17) is 4.74 Å². The van der Waals surface area contributed by atoms with E-state index in [0.29, 0.717) is 12.2 Å². The van der Waals surface area contributed by atoms with Crippen LogP contribution < -0.4 is 10.1 Å². The molecular formula is C14H20N2O3. The highest BCUT2D eigenvalue weighted by Crippen LogP contribution is 2.24. The van der Waals surface area contributed by atoms with Gasteiger partial charge in [-0.15, -0.1) is 0 Å². The number of aryl methyl sites for hydroxylation is 1. The number of nitrogens with one attached hydrogen (secondary N) is 1. The summed E-state index contributed by atoms with van der Waals surface area (Å²) in [6.45, 7) is 4.81. The maximum atomic E-state index is 10.3. The fourth-order valence-electron chi connectivity index (χ4n) is 1.55. The lowest BCUT2D eigenvalue weighted by atomic mass is 10.1. The Hall–Kier alpha value is -2.04. The van der Waals surface area contributed by atoms with E-state index in [1.165, 1.54) is 5.56 Å². The molecule has 104 valence electrons. The summed E-state index contributed by atoms with van der Waals surface area (Å²) in [5, 5.41) is 6.25. The van der Waals surface area contributed by atoms with Crippen molar-refractivity contribution in [1.82, 2.24) is 0 Å². The van der Waals surface area contributed by atoms with Gasteiger partial charge in [0.15, 0.2) is 0 Å². The molecule has 0 saturated heterocycles. The Kier molecular flexibility index (Phi) is 6.43. The zero-order chi connectivity index (χ0) is 14.1. The summed E-state index contributed by atoms with van der Waals surface area (Å²) in [4.78, 5) is 14.9. The maximum absolute atomic E-state index is 10.3. The Morgan fingerprint density at radius 3 is 2.74 bits per heavy atom. The van der Waals surface area contributed by atoms with Crippen molar-refractivity contribution < 1.29 is 14.4 Å². The Morgan fingerprint density at radius 2 is 2.32 bits per heavy atom. The molecule has 0 bridgehead atoms. The van der Waals surface area contributed by atoms with Crippen molar-refractivity contribution >= 4 is 17.8 Å². The molecule has 0 aliphatic carbocycles. The Balaban J connectivity index is 0.000000250. The van der Waals surface area contributed by atoms with Gasteiger partial charge in [-0.1, -0.05) is 18.1 Å². The number of rotatable bonds is 4. The van der Waals surface area contributed by atoms with Crippen LogP contribution in [0.15, 0.2) is 23.4 Å². The number of nitrogens with zero attached hydrogens (tertiary/aromatic N) is 1. The van der Waals surface area contributed by atoms with E-state index in [1.54, 1.807) is 7.11 Å². The first-order chi connectivity index (χ1) is 9.21. The van der Waals surface area contributed by atoms with Crippen LogP contribution in [0.5, 0.6) is 5.75 Å². The van der Waals surface area contributed by atoms with Crippen molar-refractivity contribution in [3.8, 4) is 5.75 Å². The largest absolute Gasteiger partial charge is 0.495 e. The number of hydrogen-bond acceptors (Lipinski definition) is 4. The fourth-order valence-corrected chi connectivity index (χ4v) is 1.55. The fraction of sp³-hybridized carbons (Fsp3) is 0.429. The minimum absolute atomic E-state index is 0.650. The van der Waals surface area contributed by atoms with Crippen molar-refractivity contribution in [2.45, 2.75) is 26.7 Å². The van der Waals surface area contributed by atoms with Crippen LogP contribution in [-0.2, 0) is 16.1 Å². The minimum atomic E-state index is 0.650. The van der Waals surface area contributed by atoms with Gasteiger partial charge in [-0.3, -0.25) is 4.79 Å². The van der Waals surface area contributed by atoms with Gasteiger partial charge in [-0.2, -0.15) is 0 Å². The van der Waals surface area contributed by atoms with E-state index >= 15 is 0 Å². The highest BCUT2D eigenvalue weighted by atomic mass is 16.6. The van der Waals surface area contributed by atoms with Gasteiger partial charge in [0, 0.05) is 6.42 Å². The molecule has 0 unspecified atom stereocenters. The summed E-state index contributed by atoms with van der Waals surface area (Å²) < 4.78 is 5.08. The third kappa shape index (κ3) is 4.99. The number of hydrogen-bond donors (Lipinski definition) is 1. The number of carbonyl (C=O) groups is 1. The number of ether oxygens (including phenoxy) is 1. The van der Waals surface area contributed by atoms with Crippen LogP contribution in [0.3, 0.4) is 0 Å². The Bertz CT molecular complexity index is 444. The molecule has 0 fully saturated rings. The van der Waals surface area contributed by atoms with Crippen molar-refractivity contribution in [2.75, 3.05) is 19.0 Å². The van der Waals surface area contributed by atoms with Crippen LogP contribution in [0.4, 0.5) is 5.69 Å². The van der Waals surface area contributed by atoms with E-state index in [0.717, 1.165) is 30.8 Å². The van der Waals surface area contributed by atoms with Gasteiger partial charge >= 0.3 is 0 Å². The van der Waals surface area contributed by atoms with Crippen molar-refractivity contribution in [3.05, 3.63) is 23.8 Å². The molecule has 19 heavy (non-hydrogen) atoms. The summed E-state index contributed by atoms with van der Waals surface area (Å²) in [6.07, 6.45) is 2.61. The SMILES string of the molecule is CC1=NOCC1.CCc1ccc(OC)c(NC=O)c1. The Labute approximate surface area is 113 Å². The summed E-state index contributed by atoms with van der Waals surface area (Å²) in [6, 6.07) is 5.74. The van der Waals surface area contributed by atoms with Gasteiger partial charge in [0.2, 0.25) is 6.41 Å². The molecule has 2 rings (SSSR count). The monoisotopic (exact) mass is 264 g/mol. The van der Waals surface area contributed by atoms with E-state index in [-0.39, 0.29) is 0 Å². The van der Waals surface area contributed by atoms with Crippen molar-refractivity contribution in [3.63, 3.8) is 0 Å². The number of amides is 1. The quantitative estimate of drug-likeness (QED) is 0.850. The van der Waals surface area contributed by atoms with Crippen molar-refractivity contribution in [2.24, 2.45) is 5.16 Å². The lowest BCUT2D eigenvalue weighted by Crippen LogP contribution is -1.98. The molecule has 0 saturated carbocycles. The summed E-state index contributed by atoms with van der Waals surface area (Å²) in [7, 11) is 1.58. The molecule has 1 N–H and O–H groups in total. The zero-order valence-electron chi connectivity index (χ0n) is 11.6. The Morgan fingerprint density at radius 1 is 1.53 bits per heavy atom. The molecule has 0 radical (unpaired) electrons. The van der Waals surface area contributed by atoms with Gasteiger partial charge in [0.05, 0.1) is 18.5 Å². The minimum Gasteiger partial charge on any atom is -0.495 e. The second-order valence-electron chi connectivity index (χ2n) is 4.06. The molecule has 5 heteroatoms. The first-order valence-electron chi connectivity index (χ1n) is 6.23. The van der Waals surface area contributed by atoms with Gasteiger partial charge in [-0.25, -0.2) is 0 Å². The highest BCUT2D eigenvalue weighted by molar-refractivity contribution is 5.82. The molecule has 0 aromatic heterocycles. The van der Waals surface area contributed by atoms with Gasteiger partial charge < -0.3 is 14.9 Å². The third-order valence-corrected chi connectivity index (χ3v) is 2.66. The third-order valence-electron chi connectivity index (χ3n) is 2.66. The molecule has 1 aromatic carbocycles. The number of benzene rings is 1. The summed E-state index contributed by atoms with van der Waals surface area (Å²) >= 11 is 0. The summed E-state index contributed by atoms with van der Waals surface area (Å²) in [5.41, 5.74) is 3.00. The first-order valence-corrected chi connectivity index (χ1v) is 6.23. The van der Waals surface area contributed by atoms with Crippen molar-refractivity contribution in [1.29, 1.82) is 0 Å². The van der Waals surface area contributed by atoms with Crippen LogP contribution in [0, 0.1) is 0 Å². The van der Waals surface area contributed by atoms with Crippen LogP contribution in [0.1, 0.15) is 25.8 Å². The number of oxime groups is 1. The van der Waals surface area contributed by atoms with Crippen LogP contribution in [-0.4, -0.2) is 25.8 Å². The van der Waals surface area contributed by atoms with E-state index in [1.807, 2.05) is 25.1 Å². The molecular weight excluding hydrogens is 244 g/mol. The molecule has 1 heterocycles. The lowest BCUT2D eigenvalue weighted by Gasteiger charge is -2.08. The predicted molar refractivity (Wildman–Crippen MR) is 75.7 cm³/mol. The van der Waals surface area contributed by atoms with Crippen LogP contribution in [0.25, 0.3) is 0 Å². The standard InChI is InChI=1S/C10H13NO2.C4H7NO/c1-3-8-4-5-10(13-2)9(6-8)11-7-12;1-4-2-3-6-5-4/h4-7H,3H2,1-2H3,(H,11,12);2-3H2,1H3. The van der Waals surface area contributed by atoms with Crippen LogP contribution >= 0.6 is 0 Å². The number of anilines is 1. The normalized spacial score (nSPS) is 12.7. The van der Waals surface area contributed by atoms with E-state index in [2.05, 4.69) is 22.2 Å². The average molecular weight is 264 g/mol. The highest BCUT2D eigenvalue weighted by Gasteiger charge is 2.01. The summed E-state index contributed by atoms with van der Waals surface area (Å²) in [5.74, 6) is 0.685. The maximum Gasteiger partial charge on any atom is 0.211 e. The average Bonchev–Trinajstić information content (AvgIpc) is 2.91. The number of methoxy groups -OCH3 is 1. The topological polar surface area (TPSA) is 59.9 Å².